The molecule has 0 spiro atoms. The Hall–Kier alpha value is -2.17. The highest BCUT2D eigenvalue weighted by molar-refractivity contribution is 6.23. The van der Waals surface area contributed by atoms with Gasteiger partial charge in [-0.15, -0.1) is 0 Å². The van der Waals surface area contributed by atoms with Crippen LogP contribution in [0.25, 0.3) is 11.0 Å². The van der Waals surface area contributed by atoms with Crippen molar-refractivity contribution in [2.45, 2.75) is 6.54 Å². The zero-order valence-corrected chi connectivity index (χ0v) is 9.75. The monoisotopic (exact) mass is 231 g/mol. The van der Waals surface area contributed by atoms with Gasteiger partial charge in [-0.1, -0.05) is 6.07 Å². The number of amides is 1. The first-order valence-electron chi connectivity index (χ1n) is 5.22. The van der Waals surface area contributed by atoms with Crippen LogP contribution in [-0.2, 0) is 23.2 Å². The summed E-state index contributed by atoms with van der Waals surface area (Å²) in [6, 6.07) is 5.80. The zero-order chi connectivity index (χ0) is 12.4. The van der Waals surface area contributed by atoms with Crippen LogP contribution in [0.4, 0.5) is 0 Å². The number of imidazole rings is 1. The summed E-state index contributed by atoms with van der Waals surface area (Å²) in [6.07, 6.45) is 2.06. The smallest absolute Gasteiger partial charge is 0.286 e. The number of hydrogen-bond acceptors (Lipinski definition) is 3. The van der Waals surface area contributed by atoms with Crippen LogP contribution < -0.4 is 0 Å². The molecule has 0 aliphatic rings. The van der Waals surface area contributed by atoms with Crippen LogP contribution in [0.2, 0.25) is 0 Å². The van der Waals surface area contributed by atoms with E-state index in [0.717, 1.165) is 16.6 Å². The molecule has 1 aromatic carbocycles. The third-order valence-electron chi connectivity index (χ3n) is 2.69. The zero-order valence-electron chi connectivity index (χ0n) is 9.75. The fourth-order valence-corrected chi connectivity index (χ4v) is 1.72. The van der Waals surface area contributed by atoms with Gasteiger partial charge in [-0.2, -0.15) is 0 Å². The van der Waals surface area contributed by atoms with Crippen molar-refractivity contribution < 1.29 is 9.59 Å². The van der Waals surface area contributed by atoms with Crippen molar-refractivity contribution in [2.75, 3.05) is 7.05 Å². The summed E-state index contributed by atoms with van der Waals surface area (Å²) in [6.45, 7) is 0.407. The van der Waals surface area contributed by atoms with Crippen LogP contribution >= 0.6 is 0 Å². The Labute approximate surface area is 98.7 Å². The number of benzene rings is 1. The van der Waals surface area contributed by atoms with E-state index in [0.29, 0.717) is 12.8 Å². The molecule has 0 saturated heterocycles. The van der Waals surface area contributed by atoms with Crippen LogP contribution in [0, 0.1) is 0 Å². The van der Waals surface area contributed by atoms with Gasteiger partial charge in [-0.25, -0.2) is 4.98 Å². The van der Waals surface area contributed by atoms with Gasteiger partial charge in [-0.3, -0.25) is 9.59 Å². The van der Waals surface area contributed by atoms with Crippen molar-refractivity contribution >= 4 is 23.2 Å². The first-order valence-corrected chi connectivity index (χ1v) is 5.22. The molecular weight excluding hydrogens is 218 g/mol. The van der Waals surface area contributed by atoms with Crippen molar-refractivity contribution in [2.24, 2.45) is 7.05 Å². The molecule has 17 heavy (non-hydrogen) atoms. The highest BCUT2D eigenvalue weighted by Gasteiger charge is 2.08. The summed E-state index contributed by atoms with van der Waals surface area (Å²) < 4.78 is 1.93. The Bertz CT molecular complexity index is 574. The first-order chi connectivity index (χ1) is 8.11. The van der Waals surface area contributed by atoms with Gasteiger partial charge in [0.1, 0.15) is 0 Å². The first kappa shape index (κ1) is 11.3. The molecular formula is C12H13N3O2. The molecule has 0 saturated carbocycles. The van der Waals surface area contributed by atoms with Gasteiger partial charge in [0, 0.05) is 20.6 Å². The summed E-state index contributed by atoms with van der Waals surface area (Å²) in [5, 5.41) is 0. The van der Waals surface area contributed by atoms with E-state index in [1.54, 1.807) is 13.4 Å². The number of fused-ring (bicyclic) bond motifs is 1. The molecule has 1 amide bonds. The van der Waals surface area contributed by atoms with Crippen molar-refractivity contribution in [3.05, 3.63) is 30.1 Å². The Kier molecular flexibility index (Phi) is 2.91. The minimum absolute atomic E-state index is 0.319. The molecule has 1 aromatic heterocycles. The molecule has 0 N–H and O–H groups in total. The van der Waals surface area contributed by atoms with Gasteiger partial charge < -0.3 is 9.47 Å². The lowest BCUT2D eigenvalue weighted by Gasteiger charge is -2.13. The van der Waals surface area contributed by atoms with E-state index in [9.17, 15) is 9.59 Å². The summed E-state index contributed by atoms with van der Waals surface area (Å²) in [4.78, 5) is 27.1. The Morgan fingerprint density at radius 1 is 1.53 bits per heavy atom. The van der Waals surface area contributed by atoms with Crippen molar-refractivity contribution in [3.8, 4) is 0 Å². The summed E-state index contributed by atoms with van der Waals surface area (Å²) in [7, 11) is 3.52. The second-order valence-electron chi connectivity index (χ2n) is 3.99. The maximum atomic E-state index is 11.1. The SMILES string of the molecule is CN(Cc1ccc2c(c1)ncn2C)C(=O)C=O. The second-order valence-corrected chi connectivity index (χ2v) is 3.99. The van der Waals surface area contributed by atoms with E-state index in [2.05, 4.69) is 4.98 Å². The summed E-state index contributed by atoms with van der Waals surface area (Å²) in [5.41, 5.74) is 2.88. The number of aldehydes is 1. The van der Waals surface area contributed by atoms with Gasteiger partial charge in [0.15, 0.2) is 0 Å². The molecule has 2 aromatic rings. The number of likely N-dealkylation sites (N-methyl/N-ethyl adjacent to an activating group) is 1. The maximum Gasteiger partial charge on any atom is 0.286 e. The number of carbonyl (C=O) groups excluding carboxylic acids is 2. The number of rotatable bonds is 3. The molecule has 0 unspecified atom stereocenters. The van der Waals surface area contributed by atoms with Crippen LogP contribution in [0.3, 0.4) is 0 Å². The van der Waals surface area contributed by atoms with Crippen molar-refractivity contribution in [1.29, 1.82) is 0 Å². The molecule has 5 heteroatoms. The average molecular weight is 231 g/mol. The maximum absolute atomic E-state index is 11.1. The minimum atomic E-state index is -0.522. The topological polar surface area (TPSA) is 55.2 Å². The number of aromatic nitrogens is 2. The third kappa shape index (κ3) is 2.18. The molecule has 88 valence electrons. The lowest BCUT2D eigenvalue weighted by atomic mass is 10.2. The normalized spacial score (nSPS) is 10.5. The van der Waals surface area contributed by atoms with Crippen LogP contribution in [0.5, 0.6) is 0 Å². The van der Waals surface area contributed by atoms with Gasteiger partial charge >= 0.3 is 0 Å². The van der Waals surface area contributed by atoms with Crippen molar-refractivity contribution in [1.82, 2.24) is 14.5 Å². The van der Waals surface area contributed by atoms with Crippen LogP contribution in [-0.4, -0.2) is 33.7 Å². The average Bonchev–Trinajstić information content (AvgIpc) is 2.69. The molecule has 5 nitrogen and oxygen atoms in total. The standard InChI is InChI=1S/C12H13N3O2/c1-14(12(17)7-16)6-9-3-4-11-10(5-9)13-8-15(11)2/h3-5,7-8H,6H2,1-2H3. The number of nitrogens with zero attached hydrogens (tertiary/aromatic N) is 3. The van der Waals surface area contributed by atoms with E-state index in [1.165, 1.54) is 4.90 Å². The Morgan fingerprint density at radius 3 is 3.00 bits per heavy atom. The van der Waals surface area contributed by atoms with Crippen LogP contribution in [0.15, 0.2) is 24.5 Å². The van der Waals surface area contributed by atoms with E-state index < -0.39 is 5.91 Å². The Morgan fingerprint density at radius 2 is 2.29 bits per heavy atom. The quantitative estimate of drug-likeness (QED) is 0.578. The molecule has 0 bridgehead atoms. The van der Waals surface area contributed by atoms with E-state index in [4.69, 9.17) is 0 Å². The minimum Gasteiger partial charge on any atom is -0.335 e. The lowest BCUT2D eigenvalue weighted by molar-refractivity contribution is -0.138. The highest BCUT2D eigenvalue weighted by Crippen LogP contribution is 2.14. The van der Waals surface area contributed by atoms with Crippen molar-refractivity contribution in [3.63, 3.8) is 0 Å². The lowest BCUT2D eigenvalue weighted by Crippen LogP contribution is -2.26. The number of hydrogen-bond donors (Lipinski definition) is 0. The van der Waals surface area contributed by atoms with Gasteiger partial charge in [0.25, 0.3) is 5.91 Å². The van der Waals surface area contributed by atoms with Gasteiger partial charge in [0.05, 0.1) is 17.4 Å². The van der Waals surface area contributed by atoms with E-state index in [1.807, 2.05) is 29.8 Å². The van der Waals surface area contributed by atoms with E-state index >= 15 is 0 Å². The number of carbonyl (C=O) groups is 2. The predicted molar refractivity (Wildman–Crippen MR) is 63.3 cm³/mol. The number of aryl methyl sites for hydroxylation is 1. The molecule has 0 radical (unpaired) electrons. The fraction of sp³-hybridized carbons (Fsp3) is 0.250. The molecule has 0 aliphatic heterocycles. The largest absolute Gasteiger partial charge is 0.335 e. The molecule has 0 fully saturated rings. The summed E-state index contributed by atoms with van der Waals surface area (Å²) in [5.74, 6) is -0.522. The molecule has 2 rings (SSSR count). The van der Waals surface area contributed by atoms with Gasteiger partial charge in [0.2, 0.25) is 6.29 Å². The second kappa shape index (κ2) is 4.37. The predicted octanol–water partition coefficient (Wildman–Crippen LogP) is 0.731. The third-order valence-corrected chi connectivity index (χ3v) is 2.69. The molecule has 0 aliphatic carbocycles. The van der Waals surface area contributed by atoms with E-state index in [-0.39, 0.29) is 0 Å². The molecule has 0 atom stereocenters. The fourth-order valence-electron chi connectivity index (χ4n) is 1.72. The Balaban J connectivity index is 2.25. The van der Waals surface area contributed by atoms with Gasteiger partial charge in [-0.05, 0) is 17.7 Å². The summed E-state index contributed by atoms with van der Waals surface area (Å²) >= 11 is 0. The highest BCUT2D eigenvalue weighted by atomic mass is 16.2. The molecule has 1 heterocycles. The van der Waals surface area contributed by atoms with Crippen LogP contribution in [0.1, 0.15) is 5.56 Å².